The van der Waals surface area contributed by atoms with Gasteiger partial charge in [-0.05, 0) is 6.07 Å². The van der Waals surface area contributed by atoms with E-state index in [1.54, 1.807) is 36.4 Å². The monoisotopic (exact) mass is 264 g/mol. The lowest BCUT2D eigenvalue weighted by molar-refractivity contribution is -0.116. The van der Waals surface area contributed by atoms with Crippen LogP contribution in [0.2, 0.25) is 0 Å². The summed E-state index contributed by atoms with van der Waals surface area (Å²) >= 11 is 0. The number of anilines is 2. The fourth-order valence-electron chi connectivity index (χ4n) is 1.55. The number of ether oxygens (including phenoxy) is 1. The third-order valence-electron chi connectivity index (χ3n) is 2.41. The summed E-state index contributed by atoms with van der Waals surface area (Å²) in [7, 11) is 1.63. The van der Waals surface area contributed by atoms with E-state index in [1.807, 2.05) is 0 Å². The van der Waals surface area contributed by atoms with Crippen LogP contribution in [-0.2, 0) is 22.6 Å². The van der Waals surface area contributed by atoms with Gasteiger partial charge in [-0.25, -0.2) is 0 Å². The normalized spacial score (nSPS) is 10.6. The second-order valence-electron chi connectivity index (χ2n) is 3.97. The van der Waals surface area contributed by atoms with Crippen LogP contribution >= 0.6 is 0 Å². The van der Waals surface area contributed by atoms with Crippen molar-refractivity contribution in [1.82, 2.24) is 19.6 Å². The van der Waals surface area contributed by atoms with Crippen LogP contribution in [-0.4, -0.2) is 39.2 Å². The number of rotatable bonds is 6. The first-order valence-electron chi connectivity index (χ1n) is 5.77. The highest BCUT2D eigenvalue weighted by molar-refractivity contribution is 5.90. The fourth-order valence-corrected chi connectivity index (χ4v) is 1.55. The summed E-state index contributed by atoms with van der Waals surface area (Å²) in [5.41, 5.74) is 6.11. The number of aromatic nitrogens is 4. The molecular formula is C11H16N6O2. The molecule has 0 aliphatic rings. The number of amides is 1. The van der Waals surface area contributed by atoms with Crippen molar-refractivity contribution in [2.75, 3.05) is 24.8 Å². The Morgan fingerprint density at radius 3 is 3.05 bits per heavy atom. The highest BCUT2D eigenvalue weighted by Gasteiger charge is 2.06. The average molecular weight is 264 g/mol. The molecule has 8 heteroatoms. The van der Waals surface area contributed by atoms with Crippen LogP contribution in [0, 0.1) is 0 Å². The van der Waals surface area contributed by atoms with Crippen molar-refractivity contribution in [1.29, 1.82) is 0 Å². The number of nitrogens with one attached hydrogen (secondary N) is 1. The van der Waals surface area contributed by atoms with Crippen LogP contribution in [0.25, 0.3) is 0 Å². The molecule has 0 radical (unpaired) electrons. The molecule has 3 N–H and O–H groups in total. The molecule has 2 aromatic heterocycles. The maximum atomic E-state index is 11.7. The Bertz CT molecular complexity index is 547. The molecule has 0 aliphatic heterocycles. The van der Waals surface area contributed by atoms with Gasteiger partial charge in [0, 0.05) is 19.5 Å². The molecule has 0 aliphatic carbocycles. The van der Waals surface area contributed by atoms with Gasteiger partial charge in [-0.1, -0.05) is 0 Å². The number of nitrogens with two attached hydrogens (primary N) is 1. The van der Waals surface area contributed by atoms with E-state index in [0.717, 1.165) is 0 Å². The van der Waals surface area contributed by atoms with Crippen molar-refractivity contribution in [2.45, 2.75) is 13.1 Å². The summed E-state index contributed by atoms with van der Waals surface area (Å²) < 4.78 is 8.12. The largest absolute Gasteiger partial charge is 0.383 e. The molecule has 2 aromatic rings. The lowest BCUT2D eigenvalue weighted by Crippen LogP contribution is -2.18. The number of nitrogens with zero attached hydrogens (tertiary/aromatic N) is 4. The van der Waals surface area contributed by atoms with Gasteiger partial charge in [-0.15, -0.1) is 0 Å². The Balaban J connectivity index is 1.86. The van der Waals surface area contributed by atoms with Crippen molar-refractivity contribution in [2.24, 2.45) is 0 Å². The van der Waals surface area contributed by atoms with Crippen molar-refractivity contribution in [3.05, 3.63) is 24.7 Å². The molecule has 19 heavy (non-hydrogen) atoms. The number of hydrogen-bond donors (Lipinski definition) is 2. The van der Waals surface area contributed by atoms with Crippen LogP contribution in [0.1, 0.15) is 0 Å². The molecule has 2 heterocycles. The van der Waals surface area contributed by atoms with E-state index in [9.17, 15) is 4.79 Å². The molecule has 0 spiro atoms. The molecule has 0 atom stereocenters. The van der Waals surface area contributed by atoms with Gasteiger partial charge in [-0.3, -0.25) is 14.2 Å². The summed E-state index contributed by atoms with van der Waals surface area (Å²) in [6, 6.07) is 1.63. The highest BCUT2D eigenvalue weighted by atomic mass is 16.5. The smallest absolute Gasteiger partial charge is 0.246 e. The van der Waals surface area contributed by atoms with E-state index < -0.39 is 0 Å². The zero-order valence-corrected chi connectivity index (χ0v) is 10.6. The van der Waals surface area contributed by atoms with Crippen LogP contribution < -0.4 is 11.1 Å². The Kier molecular flexibility index (Phi) is 4.14. The first-order chi connectivity index (χ1) is 9.17. The van der Waals surface area contributed by atoms with E-state index in [2.05, 4.69) is 15.5 Å². The van der Waals surface area contributed by atoms with Crippen molar-refractivity contribution in [3.63, 3.8) is 0 Å². The van der Waals surface area contributed by atoms with Gasteiger partial charge >= 0.3 is 0 Å². The van der Waals surface area contributed by atoms with Crippen molar-refractivity contribution >= 4 is 17.4 Å². The maximum Gasteiger partial charge on any atom is 0.246 e. The van der Waals surface area contributed by atoms with Crippen molar-refractivity contribution < 1.29 is 9.53 Å². The van der Waals surface area contributed by atoms with E-state index in [-0.39, 0.29) is 12.5 Å². The Hall–Kier alpha value is -2.35. The van der Waals surface area contributed by atoms with Crippen LogP contribution in [0.15, 0.2) is 24.7 Å². The Labute approximate surface area is 110 Å². The Morgan fingerprint density at radius 1 is 1.53 bits per heavy atom. The van der Waals surface area contributed by atoms with Crippen molar-refractivity contribution in [3.8, 4) is 0 Å². The summed E-state index contributed by atoms with van der Waals surface area (Å²) in [5, 5.41) is 10.8. The van der Waals surface area contributed by atoms with Gasteiger partial charge in [0.05, 0.1) is 25.0 Å². The topological polar surface area (TPSA) is 100.0 Å². The quantitative estimate of drug-likeness (QED) is 0.761. The molecule has 0 saturated heterocycles. The van der Waals surface area contributed by atoms with Crippen LogP contribution in [0.3, 0.4) is 0 Å². The highest BCUT2D eigenvalue weighted by Crippen LogP contribution is 2.05. The molecule has 0 saturated carbocycles. The van der Waals surface area contributed by atoms with Crippen LogP contribution in [0.4, 0.5) is 11.5 Å². The maximum absolute atomic E-state index is 11.7. The van der Waals surface area contributed by atoms with Crippen LogP contribution in [0.5, 0.6) is 0 Å². The van der Waals surface area contributed by atoms with Gasteiger partial charge in [0.15, 0.2) is 0 Å². The third-order valence-corrected chi connectivity index (χ3v) is 2.41. The first-order valence-corrected chi connectivity index (χ1v) is 5.77. The molecule has 2 rings (SSSR count). The van der Waals surface area contributed by atoms with E-state index in [4.69, 9.17) is 10.5 Å². The zero-order chi connectivity index (χ0) is 13.7. The number of hydrogen-bond acceptors (Lipinski definition) is 5. The first kappa shape index (κ1) is 13.1. The lowest BCUT2D eigenvalue weighted by atomic mass is 10.5. The number of carbonyl (C=O) groups excluding carboxylic acids is 1. The minimum absolute atomic E-state index is 0.112. The molecule has 1 amide bonds. The summed E-state index contributed by atoms with van der Waals surface area (Å²) in [6.07, 6.45) is 4.98. The summed E-state index contributed by atoms with van der Waals surface area (Å²) in [5.74, 6) is 0.203. The van der Waals surface area contributed by atoms with E-state index in [0.29, 0.717) is 24.7 Å². The lowest BCUT2D eigenvalue weighted by Gasteiger charge is -2.02. The molecule has 0 fully saturated rings. The van der Waals surface area contributed by atoms with E-state index >= 15 is 0 Å². The Morgan fingerprint density at radius 2 is 2.37 bits per heavy atom. The minimum Gasteiger partial charge on any atom is -0.383 e. The standard InChI is InChI=1S/C11H16N6O2/c1-19-5-4-16-7-9(6-13-16)14-11(18)8-17-3-2-10(12)15-17/h2-3,6-7H,4-5,8H2,1H3,(H2,12,15)(H,14,18). The minimum atomic E-state index is -0.186. The summed E-state index contributed by atoms with van der Waals surface area (Å²) in [6.45, 7) is 1.32. The summed E-state index contributed by atoms with van der Waals surface area (Å²) in [4.78, 5) is 11.7. The van der Waals surface area contributed by atoms with E-state index in [1.165, 1.54) is 4.68 Å². The second kappa shape index (κ2) is 6.01. The van der Waals surface area contributed by atoms with Gasteiger partial charge < -0.3 is 15.8 Å². The number of nitrogen functional groups attached to an aromatic ring is 1. The number of methoxy groups -OCH3 is 1. The molecular weight excluding hydrogens is 248 g/mol. The van der Waals surface area contributed by atoms with Gasteiger partial charge in [0.25, 0.3) is 0 Å². The fraction of sp³-hybridized carbons (Fsp3) is 0.364. The molecule has 8 nitrogen and oxygen atoms in total. The molecule has 0 unspecified atom stereocenters. The van der Waals surface area contributed by atoms with Gasteiger partial charge in [0.2, 0.25) is 5.91 Å². The SMILES string of the molecule is COCCn1cc(NC(=O)Cn2ccc(N)n2)cn1. The zero-order valence-electron chi connectivity index (χ0n) is 10.6. The predicted octanol–water partition coefficient (Wildman–Crippen LogP) is -0.0531. The average Bonchev–Trinajstić information content (AvgIpc) is 2.96. The molecule has 102 valence electrons. The van der Waals surface area contributed by atoms with Gasteiger partial charge in [-0.2, -0.15) is 10.2 Å². The number of carbonyl (C=O) groups is 1. The second-order valence-corrected chi connectivity index (χ2v) is 3.97. The predicted molar refractivity (Wildman–Crippen MR) is 69.4 cm³/mol. The third kappa shape index (κ3) is 3.81. The van der Waals surface area contributed by atoms with Gasteiger partial charge in [0.1, 0.15) is 12.4 Å². The molecule has 0 bridgehead atoms. The molecule has 0 aromatic carbocycles.